The lowest BCUT2D eigenvalue weighted by atomic mass is 9.86. The van der Waals surface area contributed by atoms with Crippen LogP contribution in [0.5, 0.6) is 5.75 Å². The second kappa shape index (κ2) is 12.5. The summed E-state index contributed by atoms with van der Waals surface area (Å²) in [6, 6.07) is 15.7. The third kappa shape index (κ3) is 7.69. The summed E-state index contributed by atoms with van der Waals surface area (Å²) < 4.78 is 18.0. The molecular formula is C31H41N3O5. The number of aromatic nitrogens is 2. The predicted molar refractivity (Wildman–Crippen MR) is 152 cm³/mol. The standard InChI is InChI=1S/C31H41N3O5/c1-9-38-29(36)31(6,7)39-27-15-10-22(18-21(27)2)20-32-28(35)26-19-25(33-34(26)16-17-37-8)23-11-13-24(14-12-23)30(3,4)5/h10-15,18-19H,9,16-17,20H2,1-8H3,(H,32,35). The summed E-state index contributed by atoms with van der Waals surface area (Å²) in [4.78, 5) is 25.4. The Bertz CT molecular complexity index is 1290. The van der Waals surface area contributed by atoms with Gasteiger partial charge in [0, 0.05) is 19.2 Å². The zero-order valence-electron chi connectivity index (χ0n) is 24.4. The number of carbonyl (C=O) groups is 2. The van der Waals surface area contributed by atoms with Crippen LogP contribution in [0, 0.1) is 6.92 Å². The van der Waals surface area contributed by atoms with Gasteiger partial charge in [0.2, 0.25) is 0 Å². The minimum atomic E-state index is -1.11. The van der Waals surface area contributed by atoms with Crippen molar-refractivity contribution in [3.63, 3.8) is 0 Å². The molecule has 0 fully saturated rings. The van der Waals surface area contributed by atoms with Crippen LogP contribution in [0.3, 0.4) is 0 Å². The van der Waals surface area contributed by atoms with Gasteiger partial charge in [-0.05, 0) is 61.9 Å². The van der Waals surface area contributed by atoms with Gasteiger partial charge in [-0.3, -0.25) is 9.48 Å². The number of hydrogen-bond acceptors (Lipinski definition) is 6. The summed E-state index contributed by atoms with van der Waals surface area (Å²) >= 11 is 0. The van der Waals surface area contributed by atoms with Crippen molar-refractivity contribution >= 4 is 11.9 Å². The Morgan fingerprint density at radius 3 is 2.28 bits per heavy atom. The van der Waals surface area contributed by atoms with Crippen molar-refractivity contribution in [1.29, 1.82) is 0 Å². The molecule has 0 aliphatic heterocycles. The second-order valence-electron chi connectivity index (χ2n) is 11.1. The molecule has 1 amide bonds. The van der Waals surface area contributed by atoms with Crippen LogP contribution in [-0.4, -0.2) is 47.6 Å². The number of nitrogens with zero attached hydrogens (tertiary/aromatic N) is 2. The fraction of sp³-hybridized carbons (Fsp3) is 0.452. The summed E-state index contributed by atoms with van der Waals surface area (Å²) in [7, 11) is 1.62. The van der Waals surface area contributed by atoms with Gasteiger partial charge in [0.25, 0.3) is 5.91 Å². The number of carbonyl (C=O) groups excluding carboxylic acids is 2. The molecule has 8 nitrogen and oxygen atoms in total. The Hall–Kier alpha value is -3.65. The van der Waals surface area contributed by atoms with Gasteiger partial charge in [-0.25, -0.2) is 4.79 Å². The van der Waals surface area contributed by atoms with E-state index in [1.165, 1.54) is 5.56 Å². The van der Waals surface area contributed by atoms with E-state index in [4.69, 9.17) is 19.3 Å². The monoisotopic (exact) mass is 535 g/mol. The van der Waals surface area contributed by atoms with Gasteiger partial charge >= 0.3 is 5.97 Å². The first-order chi connectivity index (χ1) is 18.4. The molecule has 1 heterocycles. The van der Waals surface area contributed by atoms with Crippen molar-refractivity contribution in [2.45, 2.75) is 72.6 Å². The first-order valence-electron chi connectivity index (χ1n) is 13.3. The molecule has 3 aromatic rings. The molecule has 3 rings (SSSR count). The number of rotatable bonds is 11. The van der Waals surface area contributed by atoms with Crippen molar-refractivity contribution in [3.8, 4) is 17.0 Å². The Labute approximate surface area is 231 Å². The molecule has 210 valence electrons. The van der Waals surface area contributed by atoms with E-state index in [0.717, 1.165) is 22.4 Å². The van der Waals surface area contributed by atoms with Gasteiger partial charge in [0.05, 0.1) is 25.5 Å². The van der Waals surface area contributed by atoms with Crippen LogP contribution >= 0.6 is 0 Å². The molecule has 0 unspecified atom stereocenters. The fourth-order valence-corrected chi connectivity index (χ4v) is 4.06. The minimum Gasteiger partial charge on any atom is -0.476 e. The molecule has 0 atom stereocenters. The number of benzene rings is 2. The van der Waals surface area contributed by atoms with Gasteiger partial charge < -0.3 is 19.5 Å². The van der Waals surface area contributed by atoms with Crippen molar-refractivity contribution in [2.75, 3.05) is 20.3 Å². The van der Waals surface area contributed by atoms with E-state index in [2.05, 4.69) is 38.2 Å². The molecule has 1 N–H and O–H groups in total. The summed E-state index contributed by atoms with van der Waals surface area (Å²) in [6.45, 7) is 15.1. The van der Waals surface area contributed by atoms with Crippen LogP contribution in [0.15, 0.2) is 48.5 Å². The van der Waals surface area contributed by atoms with Crippen molar-refractivity contribution < 1.29 is 23.8 Å². The predicted octanol–water partition coefficient (Wildman–Crippen LogP) is 5.45. The highest BCUT2D eigenvalue weighted by Gasteiger charge is 2.32. The van der Waals surface area contributed by atoms with E-state index in [0.29, 0.717) is 37.7 Å². The lowest BCUT2D eigenvalue weighted by molar-refractivity contribution is -0.158. The average molecular weight is 536 g/mol. The highest BCUT2D eigenvalue weighted by atomic mass is 16.6. The maximum absolute atomic E-state index is 13.2. The van der Waals surface area contributed by atoms with Gasteiger partial charge in [0.15, 0.2) is 5.60 Å². The Balaban J connectivity index is 1.74. The number of ether oxygens (including phenoxy) is 3. The molecule has 0 aliphatic rings. The third-order valence-electron chi connectivity index (χ3n) is 6.39. The van der Waals surface area contributed by atoms with E-state index in [-0.39, 0.29) is 11.3 Å². The van der Waals surface area contributed by atoms with Crippen molar-refractivity contribution in [3.05, 3.63) is 70.9 Å². The van der Waals surface area contributed by atoms with Crippen LogP contribution in [0.1, 0.15) is 68.7 Å². The summed E-state index contributed by atoms with van der Waals surface area (Å²) in [5, 5.41) is 7.69. The van der Waals surface area contributed by atoms with Crippen LogP contribution in [-0.2, 0) is 32.8 Å². The minimum absolute atomic E-state index is 0.0567. The molecule has 8 heteroatoms. The van der Waals surface area contributed by atoms with Gasteiger partial charge in [-0.1, -0.05) is 57.2 Å². The molecule has 0 bridgehead atoms. The van der Waals surface area contributed by atoms with Crippen LogP contribution in [0.25, 0.3) is 11.3 Å². The second-order valence-corrected chi connectivity index (χ2v) is 11.1. The van der Waals surface area contributed by atoms with E-state index in [1.807, 2.05) is 37.3 Å². The molecule has 0 aliphatic carbocycles. The number of aryl methyl sites for hydroxylation is 1. The summed E-state index contributed by atoms with van der Waals surface area (Å²) in [6.07, 6.45) is 0. The molecule has 0 saturated heterocycles. The Morgan fingerprint density at radius 2 is 1.69 bits per heavy atom. The number of nitrogens with one attached hydrogen (secondary N) is 1. The topological polar surface area (TPSA) is 91.7 Å². The van der Waals surface area contributed by atoms with Crippen LogP contribution < -0.4 is 10.1 Å². The normalized spacial score (nSPS) is 11.8. The van der Waals surface area contributed by atoms with Crippen molar-refractivity contribution in [1.82, 2.24) is 15.1 Å². The van der Waals surface area contributed by atoms with Crippen LogP contribution in [0.2, 0.25) is 0 Å². The largest absolute Gasteiger partial charge is 0.476 e. The lowest BCUT2D eigenvalue weighted by Crippen LogP contribution is -2.39. The Morgan fingerprint density at radius 1 is 1.00 bits per heavy atom. The molecule has 2 aromatic carbocycles. The molecule has 0 radical (unpaired) electrons. The molecule has 0 saturated carbocycles. The van der Waals surface area contributed by atoms with Gasteiger partial charge in [-0.2, -0.15) is 5.10 Å². The molecule has 0 spiro atoms. The van der Waals surface area contributed by atoms with Gasteiger partial charge in [-0.15, -0.1) is 0 Å². The first-order valence-corrected chi connectivity index (χ1v) is 13.3. The van der Waals surface area contributed by atoms with Crippen molar-refractivity contribution in [2.24, 2.45) is 0 Å². The van der Waals surface area contributed by atoms with Gasteiger partial charge in [0.1, 0.15) is 11.4 Å². The fourth-order valence-electron chi connectivity index (χ4n) is 4.06. The summed E-state index contributed by atoms with van der Waals surface area (Å²) in [5.74, 6) is -0.0594. The average Bonchev–Trinajstić information content (AvgIpc) is 3.31. The summed E-state index contributed by atoms with van der Waals surface area (Å²) in [5.41, 5.74) is 4.09. The van der Waals surface area contributed by atoms with Crippen LogP contribution in [0.4, 0.5) is 0 Å². The SMILES string of the molecule is CCOC(=O)C(C)(C)Oc1ccc(CNC(=O)c2cc(-c3ccc(C(C)(C)C)cc3)nn2CCOC)cc1C. The number of hydrogen-bond donors (Lipinski definition) is 1. The van der Waals surface area contributed by atoms with E-state index in [9.17, 15) is 9.59 Å². The highest BCUT2D eigenvalue weighted by molar-refractivity contribution is 5.93. The molecule has 39 heavy (non-hydrogen) atoms. The van der Waals surface area contributed by atoms with E-state index >= 15 is 0 Å². The third-order valence-corrected chi connectivity index (χ3v) is 6.39. The smallest absolute Gasteiger partial charge is 0.349 e. The maximum atomic E-state index is 13.2. The first kappa shape index (κ1) is 29.9. The maximum Gasteiger partial charge on any atom is 0.349 e. The number of methoxy groups -OCH3 is 1. The zero-order chi connectivity index (χ0) is 28.8. The Kier molecular flexibility index (Phi) is 9.56. The molecule has 1 aromatic heterocycles. The lowest BCUT2D eigenvalue weighted by Gasteiger charge is -2.25. The van der Waals surface area contributed by atoms with E-state index < -0.39 is 11.6 Å². The highest BCUT2D eigenvalue weighted by Crippen LogP contribution is 2.27. The quantitative estimate of drug-likeness (QED) is 0.328. The van der Waals surface area contributed by atoms with E-state index in [1.54, 1.807) is 38.6 Å². The number of amides is 1. The molecular weight excluding hydrogens is 494 g/mol. The zero-order valence-corrected chi connectivity index (χ0v) is 24.4. The number of esters is 1.